The number of hydrogen-bond donors (Lipinski definition) is 1. The molecule has 0 heterocycles. The summed E-state index contributed by atoms with van der Waals surface area (Å²) < 4.78 is 38.8. The number of rotatable bonds is 5. The van der Waals surface area contributed by atoms with Gasteiger partial charge in [-0.05, 0) is 24.8 Å². The zero-order chi connectivity index (χ0) is 15.3. The van der Waals surface area contributed by atoms with Crippen LogP contribution in [0.5, 0.6) is 0 Å². The molecule has 2 atom stereocenters. The summed E-state index contributed by atoms with van der Waals surface area (Å²) in [7, 11) is 0. The smallest absolute Gasteiger partial charge is 0.329 e. The third kappa shape index (κ3) is 4.71. The number of nitrogens with zero attached hydrogens (tertiary/aromatic N) is 1. The van der Waals surface area contributed by atoms with E-state index in [4.69, 9.17) is 5.73 Å². The summed E-state index contributed by atoms with van der Waals surface area (Å²) in [5.41, 5.74) is 6.77. The van der Waals surface area contributed by atoms with E-state index in [9.17, 15) is 13.2 Å². The monoisotopic (exact) mass is 300 g/mol. The van der Waals surface area contributed by atoms with Crippen LogP contribution in [0.15, 0.2) is 30.3 Å². The summed E-state index contributed by atoms with van der Waals surface area (Å²) >= 11 is 0. The van der Waals surface area contributed by atoms with Gasteiger partial charge in [0.1, 0.15) is 0 Å². The highest BCUT2D eigenvalue weighted by atomic mass is 19.4. The van der Waals surface area contributed by atoms with E-state index in [-0.39, 0.29) is 18.9 Å². The second kappa shape index (κ2) is 7.27. The Kier molecular flexibility index (Phi) is 5.65. The Hall–Kier alpha value is -1.07. The van der Waals surface area contributed by atoms with E-state index in [0.29, 0.717) is 26.1 Å². The van der Waals surface area contributed by atoms with Crippen LogP contribution >= 0.6 is 0 Å². The molecule has 118 valence electrons. The van der Waals surface area contributed by atoms with Crippen LogP contribution in [0.4, 0.5) is 13.2 Å². The molecule has 2 unspecified atom stereocenters. The summed E-state index contributed by atoms with van der Waals surface area (Å²) in [5, 5.41) is 0. The Morgan fingerprint density at radius 3 is 2.48 bits per heavy atom. The minimum absolute atomic E-state index is 0.0193. The van der Waals surface area contributed by atoms with Crippen LogP contribution in [-0.2, 0) is 6.54 Å². The highest BCUT2D eigenvalue weighted by Gasteiger charge is 2.43. The van der Waals surface area contributed by atoms with Crippen molar-refractivity contribution in [3.05, 3.63) is 35.9 Å². The first-order valence-electron chi connectivity index (χ1n) is 7.55. The van der Waals surface area contributed by atoms with E-state index < -0.39 is 12.1 Å². The van der Waals surface area contributed by atoms with Crippen LogP contribution in [0.25, 0.3) is 0 Å². The SMILES string of the molecule is NCCN(Cc1ccccc1)C1CCCC(C(F)(F)F)C1. The maximum Gasteiger partial charge on any atom is 0.391 e. The van der Waals surface area contributed by atoms with E-state index in [1.54, 1.807) is 0 Å². The van der Waals surface area contributed by atoms with Crippen LogP contribution in [0.3, 0.4) is 0 Å². The third-order valence-electron chi connectivity index (χ3n) is 4.27. The summed E-state index contributed by atoms with van der Waals surface area (Å²) in [6, 6.07) is 9.84. The molecule has 2 nitrogen and oxygen atoms in total. The number of hydrogen-bond acceptors (Lipinski definition) is 2. The van der Waals surface area contributed by atoms with Crippen LogP contribution in [-0.4, -0.2) is 30.2 Å². The molecule has 0 saturated heterocycles. The van der Waals surface area contributed by atoms with Crippen molar-refractivity contribution in [2.45, 2.75) is 44.4 Å². The van der Waals surface area contributed by atoms with Crippen LogP contribution in [0.1, 0.15) is 31.2 Å². The Labute approximate surface area is 124 Å². The maximum atomic E-state index is 12.9. The summed E-state index contributed by atoms with van der Waals surface area (Å²) in [5.74, 6) is -1.16. The van der Waals surface area contributed by atoms with Crippen molar-refractivity contribution in [3.63, 3.8) is 0 Å². The van der Waals surface area contributed by atoms with Gasteiger partial charge in [-0.3, -0.25) is 4.90 Å². The zero-order valence-electron chi connectivity index (χ0n) is 12.1. The Morgan fingerprint density at radius 1 is 1.14 bits per heavy atom. The normalized spacial score (nSPS) is 23.5. The van der Waals surface area contributed by atoms with Crippen molar-refractivity contribution < 1.29 is 13.2 Å². The highest BCUT2D eigenvalue weighted by Crippen LogP contribution is 2.39. The van der Waals surface area contributed by atoms with Crippen molar-refractivity contribution in [1.29, 1.82) is 0 Å². The fourth-order valence-electron chi connectivity index (χ4n) is 3.17. The molecular formula is C16H23F3N2. The van der Waals surface area contributed by atoms with Gasteiger partial charge in [0.25, 0.3) is 0 Å². The first-order chi connectivity index (χ1) is 10.0. The number of alkyl halides is 3. The van der Waals surface area contributed by atoms with Gasteiger partial charge in [-0.1, -0.05) is 36.8 Å². The van der Waals surface area contributed by atoms with E-state index in [1.807, 2.05) is 30.3 Å². The van der Waals surface area contributed by atoms with Gasteiger partial charge in [-0.15, -0.1) is 0 Å². The van der Waals surface area contributed by atoms with Crippen molar-refractivity contribution in [2.24, 2.45) is 11.7 Å². The molecule has 5 heteroatoms. The predicted octanol–water partition coefficient (Wildman–Crippen LogP) is 3.57. The highest BCUT2D eigenvalue weighted by molar-refractivity contribution is 5.14. The largest absolute Gasteiger partial charge is 0.391 e. The Bertz CT molecular complexity index is 419. The summed E-state index contributed by atoms with van der Waals surface area (Å²) in [6.45, 7) is 1.79. The molecule has 1 fully saturated rings. The quantitative estimate of drug-likeness (QED) is 0.901. The summed E-state index contributed by atoms with van der Waals surface area (Å²) in [4.78, 5) is 2.12. The van der Waals surface area contributed by atoms with Crippen molar-refractivity contribution >= 4 is 0 Å². The Balaban J connectivity index is 2.03. The number of halogens is 3. The average molecular weight is 300 g/mol. The molecule has 0 aromatic heterocycles. The van der Waals surface area contributed by atoms with Crippen LogP contribution in [0.2, 0.25) is 0 Å². The van der Waals surface area contributed by atoms with Gasteiger partial charge in [0.15, 0.2) is 0 Å². The van der Waals surface area contributed by atoms with E-state index >= 15 is 0 Å². The lowest BCUT2D eigenvalue weighted by Crippen LogP contribution is -2.43. The van der Waals surface area contributed by atoms with Gasteiger partial charge in [-0.2, -0.15) is 13.2 Å². The second-order valence-electron chi connectivity index (χ2n) is 5.80. The molecule has 0 amide bonds. The molecule has 1 aromatic rings. The molecule has 1 aromatic carbocycles. The molecule has 1 saturated carbocycles. The first kappa shape index (κ1) is 16.3. The molecule has 0 radical (unpaired) electrons. The van der Waals surface area contributed by atoms with Gasteiger partial charge >= 0.3 is 6.18 Å². The molecule has 2 rings (SSSR count). The fourth-order valence-corrected chi connectivity index (χ4v) is 3.17. The van der Waals surface area contributed by atoms with Gasteiger partial charge in [0, 0.05) is 25.7 Å². The summed E-state index contributed by atoms with van der Waals surface area (Å²) in [6.07, 6.45) is -2.12. The molecular weight excluding hydrogens is 277 g/mol. The predicted molar refractivity (Wildman–Crippen MR) is 77.7 cm³/mol. The van der Waals surface area contributed by atoms with Gasteiger partial charge in [0.2, 0.25) is 0 Å². The number of nitrogens with two attached hydrogens (primary N) is 1. The van der Waals surface area contributed by atoms with Gasteiger partial charge < -0.3 is 5.73 Å². The molecule has 1 aliphatic rings. The van der Waals surface area contributed by atoms with E-state index in [2.05, 4.69) is 4.90 Å². The van der Waals surface area contributed by atoms with Crippen molar-refractivity contribution in [3.8, 4) is 0 Å². The minimum atomic E-state index is -4.07. The third-order valence-corrected chi connectivity index (χ3v) is 4.27. The van der Waals surface area contributed by atoms with Crippen LogP contribution in [0, 0.1) is 5.92 Å². The topological polar surface area (TPSA) is 29.3 Å². The number of benzene rings is 1. The molecule has 1 aliphatic carbocycles. The van der Waals surface area contributed by atoms with Crippen LogP contribution < -0.4 is 5.73 Å². The zero-order valence-corrected chi connectivity index (χ0v) is 12.1. The van der Waals surface area contributed by atoms with Crippen molar-refractivity contribution in [2.75, 3.05) is 13.1 Å². The lowest BCUT2D eigenvalue weighted by Gasteiger charge is -2.38. The molecule has 21 heavy (non-hydrogen) atoms. The average Bonchev–Trinajstić information content (AvgIpc) is 2.47. The maximum absolute atomic E-state index is 12.9. The van der Waals surface area contributed by atoms with Gasteiger partial charge in [-0.25, -0.2) is 0 Å². The molecule has 0 spiro atoms. The Morgan fingerprint density at radius 2 is 1.86 bits per heavy atom. The van der Waals surface area contributed by atoms with Crippen molar-refractivity contribution in [1.82, 2.24) is 4.90 Å². The van der Waals surface area contributed by atoms with Gasteiger partial charge in [0.05, 0.1) is 5.92 Å². The molecule has 0 bridgehead atoms. The minimum Gasteiger partial charge on any atom is -0.329 e. The lowest BCUT2D eigenvalue weighted by molar-refractivity contribution is -0.186. The van der Waals surface area contributed by atoms with E-state index in [1.165, 1.54) is 0 Å². The lowest BCUT2D eigenvalue weighted by atomic mass is 9.84. The second-order valence-corrected chi connectivity index (χ2v) is 5.80. The standard InChI is InChI=1S/C16H23F3N2/c17-16(18,19)14-7-4-8-15(11-14)21(10-9-20)12-13-5-2-1-3-6-13/h1-3,5-6,14-15H,4,7-12,20H2. The van der Waals surface area contributed by atoms with E-state index in [0.717, 1.165) is 12.0 Å². The fraction of sp³-hybridized carbons (Fsp3) is 0.625. The molecule has 2 N–H and O–H groups in total. The first-order valence-corrected chi connectivity index (χ1v) is 7.55. The molecule has 0 aliphatic heterocycles.